The fourth-order valence-corrected chi connectivity index (χ4v) is 2.22. The van der Waals surface area contributed by atoms with Crippen molar-refractivity contribution in [1.29, 1.82) is 0 Å². The van der Waals surface area contributed by atoms with E-state index < -0.39 is 0 Å². The first-order chi connectivity index (χ1) is 7.68. The van der Waals surface area contributed by atoms with Crippen LogP contribution in [-0.2, 0) is 6.42 Å². The summed E-state index contributed by atoms with van der Waals surface area (Å²) in [6.45, 7) is 0. The van der Waals surface area contributed by atoms with E-state index in [1.165, 1.54) is 12.8 Å². The molecule has 2 N–H and O–H groups in total. The van der Waals surface area contributed by atoms with Gasteiger partial charge in [0.15, 0.2) is 0 Å². The highest BCUT2D eigenvalue weighted by atomic mass is 35.5. The second kappa shape index (κ2) is 5.15. The van der Waals surface area contributed by atoms with Crippen LogP contribution in [0.15, 0.2) is 18.2 Å². The topological polar surface area (TPSA) is 26.0 Å². The second-order valence-corrected chi connectivity index (χ2v) is 5.01. The maximum Gasteiger partial charge on any atom is 0.144 e. The second-order valence-electron chi connectivity index (χ2n) is 4.61. The van der Waals surface area contributed by atoms with Gasteiger partial charge in [-0.2, -0.15) is 0 Å². The lowest BCUT2D eigenvalue weighted by Gasteiger charge is -2.10. The molecule has 0 amide bonds. The Morgan fingerprint density at radius 1 is 1.44 bits per heavy atom. The summed E-state index contributed by atoms with van der Waals surface area (Å²) in [7, 11) is 0. The minimum atomic E-state index is -0.274. The van der Waals surface area contributed by atoms with E-state index in [0.717, 1.165) is 25.2 Å². The fraction of sp³-hybridized carbons (Fsp3) is 0.538. The van der Waals surface area contributed by atoms with Crippen LogP contribution in [0.1, 0.15) is 31.2 Å². The molecule has 1 unspecified atom stereocenters. The lowest BCUT2D eigenvalue weighted by atomic mass is 10.0. The van der Waals surface area contributed by atoms with E-state index in [9.17, 15) is 4.39 Å². The Bertz CT molecular complexity index is 363. The third-order valence-corrected chi connectivity index (χ3v) is 3.53. The number of halogens is 2. The number of nitrogens with two attached hydrogens (primary N) is 1. The smallest absolute Gasteiger partial charge is 0.144 e. The van der Waals surface area contributed by atoms with E-state index in [4.69, 9.17) is 17.3 Å². The van der Waals surface area contributed by atoms with Crippen LogP contribution in [0.4, 0.5) is 4.39 Å². The summed E-state index contributed by atoms with van der Waals surface area (Å²) in [5, 5.41) is 0.212. The molecule has 1 fully saturated rings. The maximum atomic E-state index is 13.5. The molecule has 1 nitrogen and oxygen atoms in total. The van der Waals surface area contributed by atoms with Gasteiger partial charge in [-0.25, -0.2) is 4.39 Å². The molecule has 0 aliphatic heterocycles. The van der Waals surface area contributed by atoms with Gasteiger partial charge in [0.2, 0.25) is 0 Å². The Kier molecular flexibility index (Phi) is 3.82. The molecule has 1 aliphatic rings. The summed E-state index contributed by atoms with van der Waals surface area (Å²) in [6.07, 6.45) is 5.19. The summed E-state index contributed by atoms with van der Waals surface area (Å²) in [5.41, 5.74) is 6.70. The van der Waals surface area contributed by atoms with E-state index in [1.807, 2.05) is 0 Å². The molecule has 88 valence electrons. The minimum Gasteiger partial charge on any atom is -0.327 e. The molecule has 0 heterocycles. The number of benzene rings is 1. The first-order valence-corrected chi connectivity index (χ1v) is 6.24. The van der Waals surface area contributed by atoms with Crippen molar-refractivity contribution in [2.75, 3.05) is 0 Å². The molecule has 1 aromatic rings. The van der Waals surface area contributed by atoms with Crippen molar-refractivity contribution in [3.8, 4) is 0 Å². The van der Waals surface area contributed by atoms with Gasteiger partial charge in [0.05, 0.1) is 5.02 Å². The maximum absolute atomic E-state index is 13.5. The van der Waals surface area contributed by atoms with Crippen molar-refractivity contribution in [3.05, 3.63) is 34.6 Å². The van der Waals surface area contributed by atoms with Crippen LogP contribution in [0.25, 0.3) is 0 Å². The molecule has 0 radical (unpaired) electrons. The minimum absolute atomic E-state index is 0.212. The molecule has 1 aliphatic carbocycles. The molecule has 2 rings (SSSR count). The summed E-state index contributed by atoms with van der Waals surface area (Å²) in [6, 6.07) is 5.48. The van der Waals surface area contributed by atoms with Crippen molar-refractivity contribution in [3.63, 3.8) is 0 Å². The Morgan fingerprint density at radius 3 is 2.88 bits per heavy atom. The van der Waals surface area contributed by atoms with Crippen LogP contribution < -0.4 is 5.73 Å². The van der Waals surface area contributed by atoms with E-state index in [1.54, 1.807) is 18.2 Å². The van der Waals surface area contributed by atoms with Crippen LogP contribution >= 0.6 is 11.6 Å². The first-order valence-electron chi connectivity index (χ1n) is 5.87. The Balaban J connectivity index is 1.82. The Morgan fingerprint density at radius 2 is 2.19 bits per heavy atom. The summed E-state index contributed by atoms with van der Waals surface area (Å²) >= 11 is 5.72. The molecule has 1 saturated carbocycles. The zero-order chi connectivity index (χ0) is 11.5. The van der Waals surface area contributed by atoms with Gasteiger partial charge in [0, 0.05) is 6.04 Å². The predicted octanol–water partition coefficient (Wildman–Crippen LogP) is 3.54. The van der Waals surface area contributed by atoms with Gasteiger partial charge in [-0.05, 0) is 49.7 Å². The average molecular weight is 242 g/mol. The highest BCUT2D eigenvalue weighted by Crippen LogP contribution is 2.33. The molecular formula is C13H17ClFN. The van der Waals surface area contributed by atoms with Crippen LogP contribution in [0, 0.1) is 11.7 Å². The molecule has 0 spiro atoms. The lowest BCUT2D eigenvalue weighted by molar-refractivity contribution is 0.521. The summed E-state index contributed by atoms with van der Waals surface area (Å²) < 4.78 is 13.5. The van der Waals surface area contributed by atoms with Gasteiger partial charge in [0.25, 0.3) is 0 Å². The van der Waals surface area contributed by atoms with E-state index in [-0.39, 0.29) is 10.8 Å². The zero-order valence-corrected chi connectivity index (χ0v) is 10.0. The zero-order valence-electron chi connectivity index (χ0n) is 9.26. The predicted molar refractivity (Wildman–Crippen MR) is 65.0 cm³/mol. The van der Waals surface area contributed by atoms with Crippen molar-refractivity contribution < 1.29 is 4.39 Å². The van der Waals surface area contributed by atoms with Gasteiger partial charge in [-0.15, -0.1) is 0 Å². The lowest BCUT2D eigenvalue weighted by Crippen LogP contribution is -2.22. The summed E-state index contributed by atoms with van der Waals surface area (Å²) in [5.74, 6) is 0.452. The number of hydrogen-bond donors (Lipinski definition) is 1. The molecule has 1 aromatic carbocycles. The SMILES string of the molecule is NC(CCCc1cccc(Cl)c1F)C1CC1. The monoisotopic (exact) mass is 241 g/mol. The van der Waals surface area contributed by atoms with Crippen molar-refractivity contribution in [1.82, 2.24) is 0 Å². The number of rotatable bonds is 5. The third-order valence-electron chi connectivity index (χ3n) is 3.24. The van der Waals surface area contributed by atoms with Gasteiger partial charge in [-0.3, -0.25) is 0 Å². The highest BCUT2D eigenvalue weighted by Gasteiger charge is 2.27. The standard InChI is InChI=1S/C13H17ClFN/c14-11-5-1-3-10(13(11)15)4-2-6-12(16)9-7-8-9/h1,3,5,9,12H,2,4,6-8,16H2. The Hall–Kier alpha value is -0.600. The molecule has 3 heteroatoms. The molecule has 0 aromatic heterocycles. The van der Waals surface area contributed by atoms with Crippen LogP contribution in [0.5, 0.6) is 0 Å². The van der Waals surface area contributed by atoms with E-state index >= 15 is 0 Å². The first kappa shape index (κ1) is 11.9. The van der Waals surface area contributed by atoms with Gasteiger partial charge >= 0.3 is 0 Å². The van der Waals surface area contributed by atoms with Crippen molar-refractivity contribution >= 4 is 11.6 Å². The van der Waals surface area contributed by atoms with Gasteiger partial charge in [0.1, 0.15) is 5.82 Å². The summed E-state index contributed by atoms with van der Waals surface area (Å²) in [4.78, 5) is 0. The third kappa shape index (κ3) is 2.96. The van der Waals surface area contributed by atoms with Gasteiger partial charge in [-0.1, -0.05) is 23.7 Å². The van der Waals surface area contributed by atoms with Gasteiger partial charge < -0.3 is 5.73 Å². The number of aryl methyl sites for hydroxylation is 1. The highest BCUT2D eigenvalue weighted by molar-refractivity contribution is 6.30. The average Bonchev–Trinajstić information content (AvgIpc) is 3.07. The van der Waals surface area contributed by atoms with E-state index in [2.05, 4.69) is 0 Å². The van der Waals surface area contributed by atoms with Crippen LogP contribution in [0.3, 0.4) is 0 Å². The molecule has 0 saturated heterocycles. The molecular weight excluding hydrogens is 225 g/mol. The van der Waals surface area contributed by atoms with Crippen molar-refractivity contribution in [2.45, 2.75) is 38.1 Å². The Labute approximate surface area is 101 Å². The van der Waals surface area contributed by atoms with Crippen LogP contribution in [0.2, 0.25) is 5.02 Å². The van der Waals surface area contributed by atoms with Crippen LogP contribution in [-0.4, -0.2) is 6.04 Å². The number of hydrogen-bond acceptors (Lipinski definition) is 1. The molecule has 1 atom stereocenters. The quantitative estimate of drug-likeness (QED) is 0.839. The molecule has 0 bridgehead atoms. The van der Waals surface area contributed by atoms with E-state index in [0.29, 0.717) is 11.6 Å². The largest absolute Gasteiger partial charge is 0.327 e. The van der Waals surface area contributed by atoms with Crippen molar-refractivity contribution in [2.24, 2.45) is 11.7 Å². The normalized spacial score (nSPS) is 17.4. The molecule has 16 heavy (non-hydrogen) atoms. The fourth-order valence-electron chi connectivity index (χ4n) is 2.03.